The van der Waals surface area contributed by atoms with Crippen LogP contribution in [0.2, 0.25) is 0 Å². The average molecular weight is 182 g/mol. The number of nitrogens with one attached hydrogen (secondary N) is 1. The van der Waals surface area contributed by atoms with E-state index in [1.807, 2.05) is 6.07 Å². The highest BCUT2D eigenvalue weighted by atomic mass is 16.1. The number of carbonyl (C=O) groups is 1. The molecule has 0 aromatic heterocycles. The molecule has 0 fully saturated rings. The molecule has 0 saturated heterocycles. The zero-order chi connectivity index (χ0) is 10.1. The average Bonchev–Trinajstić information content (AvgIpc) is 2.12. The normalized spacial score (nSPS) is 11.8. The molecule has 3 heteroatoms. The molecule has 74 valence electrons. The van der Waals surface area contributed by atoms with E-state index in [1.54, 1.807) is 6.92 Å². The Bertz CT molecular complexity index is 184. The predicted octanol–water partition coefficient (Wildman–Crippen LogP) is 1.84. The van der Waals surface area contributed by atoms with Crippen LogP contribution in [0.1, 0.15) is 39.5 Å². The summed E-state index contributed by atoms with van der Waals surface area (Å²) in [4.78, 5) is 11.2. The standard InChI is InChI=1S/C10H18N2O/c1-3-4-5-8-12-10(13)9(2)6-7-11/h9H,3-6,8H2,1-2H3,(H,12,13). The number of hydrogen-bond donors (Lipinski definition) is 1. The quantitative estimate of drug-likeness (QED) is 0.637. The van der Waals surface area contributed by atoms with E-state index in [9.17, 15) is 4.79 Å². The zero-order valence-corrected chi connectivity index (χ0v) is 8.47. The van der Waals surface area contributed by atoms with Crippen LogP contribution in [0.25, 0.3) is 0 Å². The molecule has 1 atom stereocenters. The van der Waals surface area contributed by atoms with Crippen molar-refractivity contribution in [1.29, 1.82) is 5.26 Å². The molecule has 3 nitrogen and oxygen atoms in total. The van der Waals surface area contributed by atoms with Gasteiger partial charge < -0.3 is 5.32 Å². The molecule has 1 unspecified atom stereocenters. The van der Waals surface area contributed by atoms with E-state index in [0.717, 1.165) is 25.8 Å². The molecular weight excluding hydrogens is 164 g/mol. The highest BCUT2D eigenvalue weighted by Gasteiger charge is 2.10. The zero-order valence-electron chi connectivity index (χ0n) is 8.47. The second kappa shape index (κ2) is 7.60. The van der Waals surface area contributed by atoms with Crippen molar-refractivity contribution in [3.63, 3.8) is 0 Å². The number of nitriles is 1. The van der Waals surface area contributed by atoms with Crippen LogP contribution >= 0.6 is 0 Å². The maximum absolute atomic E-state index is 11.2. The van der Waals surface area contributed by atoms with Crippen LogP contribution < -0.4 is 5.32 Å². The molecule has 13 heavy (non-hydrogen) atoms. The third-order valence-electron chi connectivity index (χ3n) is 1.92. The van der Waals surface area contributed by atoms with Crippen LogP contribution in [0.4, 0.5) is 0 Å². The summed E-state index contributed by atoms with van der Waals surface area (Å²) in [6, 6.07) is 1.99. The summed E-state index contributed by atoms with van der Waals surface area (Å²) >= 11 is 0. The first-order chi connectivity index (χ1) is 6.22. The van der Waals surface area contributed by atoms with Crippen LogP contribution in [0.15, 0.2) is 0 Å². The number of hydrogen-bond acceptors (Lipinski definition) is 2. The second-order valence-corrected chi connectivity index (χ2v) is 3.26. The van der Waals surface area contributed by atoms with Crippen molar-refractivity contribution in [3.05, 3.63) is 0 Å². The molecule has 0 aliphatic heterocycles. The summed E-state index contributed by atoms with van der Waals surface area (Å²) in [5, 5.41) is 11.2. The number of carbonyl (C=O) groups excluding carboxylic acids is 1. The van der Waals surface area contributed by atoms with E-state index in [1.165, 1.54) is 0 Å². The number of amides is 1. The van der Waals surface area contributed by atoms with E-state index in [2.05, 4.69) is 12.2 Å². The monoisotopic (exact) mass is 182 g/mol. The Morgan fingerprint density at radius 2 is 2.23 bits per heavy atom. The summed E-state index contributed by atoms with van der Waals surface area (Å²) in [6.07, 6.45) is 3.64. The first-order valence-electron chi connectivity index (χ1n) is 4.87. The molecule has 0 spiro atoms. The lowest BCUT2D eigenvalue weighted by molar-refractivity contribution is -0.124. The van der Waals surface area contributed by atoms with Gasteiger partial charge in [-0.2, -0.15) is 5.26 Å². The fraction of sp³-hybridized carbons (Fsp3) is 0.800. The largest absolute Gasteiger partial charge is 0.356 e. The Morgan fingerprint density at radius 3 is 2.77 bits per heavy atom. The molecule has 0 heterocycles. The lowest BCUT2D eigenvalue weighted by atomic mass is 10.1. The summed E-state index contributed by atoms with van der Waals surface area (Å²) in [5.74, 6) is -0.177. The predicted molar refractivity (Wildman–Crippen MR) is 51.9 cm³/mol. The molecule has 1 amide bonds. The van der Waals surface area contributed by atoms with Crippen LogP contribution in [-0.2, 0) is 4.79 Å². The van der Waals surface area contributed by atoms with Gasteiger partial charge in [-0.15, -0.1) is 0 Å². The van der Waals surface area contributed by atoms with E-state index < -0.39 is 0 Å². The molecule has 0 bridgehead atoms. The first kappa shape index (κ1) is 12.0. The summed E-state index contributed by atoms with van der Waals surface area (Å²) < 4.78 is 0. The smallest absolute Gasteiger partial charge is 0.223 e. The van der Waals surface area contributed by atoms with Gasteiger partial charge in [0.05, 0.1) is 6.07 Å². The lowest BCUT2D eigenvalue weighted by Gasteiger charge is -2.08. The second-order valence-electron chi connectivity index (χ2n) is 3.26. The SMILES string of the molecule is CCCCCNC(=O)C(C)CC#N. The summed E-state index contributed by atoms with van der Waals surface area (Å²) in [5.41, 5.74) is 0. The molecule has 0 aromatic rings. The van der Waals surface area contributed by atoms with Gasteiger partial charge >= 0.3 is 0 Å². The topological polar surface area (TPSA) is 52.9 Å². The van der Waals surface area contributed by atoms with Gasteiger partial charge in [0.25, 0.3) is 0 Å². The minimum absolute atomic E-state index is 0.00217. The van der Waals surface area contributed by atoms with Crippen LogP contribution in [0.5, 0.6) is 0 Å². The summed E-state index contributed by atoms with van der Waals surface area (Å²) in [6.45, 7) is 4.64. The van der Waals surface area contributed by atoms with E-state index >= 15 is 0 Å². The molecule has 0 aromatic carbocycles. The highest BCUT2D eigenvalue weighted by molar-refractivity contribution is 5.78. The number of unbranched alkanes of at least 4 members (excludes halogenated alkanes) is 2. The maximum Gasteiger partial charge on any atom is 0.223 e. The van der Waals surface area contributed by atoms with Gasteiger partial charge in [-0.3, -0.25) is 4.79 Å². The fourth-order valence-electron chi connectivity index (χ4n) is 0.990. The van der Waals surface area contributed by atoms with Crippen molar-refractivity contribution in [2.45, 2.75) is 39.5 Å². The fourth-order valence-corrected chi connectivity index (χ4v) is 0.990. The van der Waals surface area contributed by atoms with Crippen LogP contribution in [-0.4, -0.2) is 12.5 Å². The van der Waals surface area contributed by atoms with E-state index in [4.69, 9.17) is 5.26 Å². The molecule has 0 aliphatic carbocycles. The third-order valence-corrected chi connectivity index (χ3v) is 1.92. The first-order valence-corrected chi connectivity index (χ1v) is 4.87. The Balaban J connectivity index is 3.45. The van der Waals surface area contributed by atoms with Crippen LogP contribution in [0.3, 0.4) is 0 Å². The van der Waals surface area contributed by atoms with Crippen molar-refractivity contribution in [2.75, 3.05) is 6.54 Å². The Hall–Kier alpha value is -1.04. The molecule has 0 rings (SSSR count). The van der Waals surface area contributed by atoms with Crippen LogP contribution in [0, 0.1) is 17.2 Å². The van der Waals surface area contributed by atoms with Gasteiger partial charge in [0.1, 0.15) is 0 Å². The minimum Gasteiger partial charge on any atom is -0.356 e. The van der Waals surface area contributed by atoms with Gasteiger partial charge in [0.2, 0.25) is 5.91 Å². The van der Waals surface area contributed by atoms with Crippen molar-refractivity contribution in [3.8, 4) is 6.07 Å². The number of rotatable bonds is 6. The van der Waals surface area contributed by atoms with Crippen molar-refractivity contribution < 1.29 is 4.79 Å². The molecule has 0 saturated carbocycles. The Morgan fingerprint density at radius 1 is 1.54 bits per heavy atom. The van der Waals surface area contributed by atoms with Gasteiger partial charge in [-0.05, 0) is 6.42 Å². The molecule has 1 N–H and O–H groups in total. The van der Waals surface area contributed by atoms with E-state index in [0.29, 0.717) is 6.42 Å². The number of nitrogens with zero attached hydrogens (tertiary/aromatic N) is 1. The third kappa shape index (κ3) is 6.15. The molecular formula is C10H18N2O. The van der Waals surface area contributed by atoms with Crippen molar-refractivity contribution >= 4 is 5.91 Å². The minimum atomic E-state index is -0.174. The van der Waals surface area contributed by atoms with Crippen molar-refractivity contribution in [1.82, 2.24) is 5.32 Å². The van der Waals surface area contributed by atoms with Gasteiger partial charge in [-0.1, -0.05) is 26.7 Å². The maximum atomic E-state index is 11.2. The van der Waals surface area contributed by atoms with Gasteiger partial charge in [0, 0.05) is 18.9 Å². The van der Waals surface area contributed by atoms with Gasteiger partial charge in [0.15, 0.2) is 0 Å². The Kier molecular flexibility index (Phi) is 6.99. The molecule has 0 radical (unpaired) electrons. The highest BCUT2D eigenvalue weighted by Crippen LogP contribution is 2.00. The Labute approximate surface area is 80.1 Å². The lowest BCUT2D eigenvalue weighted by Crippen LogP contribution is -2.29. The van der Waals surface area contributed by atoms with E-state index in [-0.39, 0.29) is 11.8 Å². The van der Waals surface area contributed by atoms with Crippen molar-refractivity contribution in [2.24, 2.45) is 5.92 Å². The van der Waals surface area contributed by atoms with Gasteiger partial charge in [-0.25, -0.2) is 0 Å². The molecule has 0 aliphatic rings. The summed E-state index contributed by atoms with van der Waals surface area (Å²) in [7, 11) is 0.